The van der Waals surface area contributed by atoms with Crippen molar-refractivity contribution in [3.8, 4) is 0 Å². The van der Waals surface area contributed by atoms with Gasteiger partial charge in [0, 0.05) is 36.7 Å². The topological polar surface area (TPSA) is 93.5 Å². The van der Waals surface area contributed by atoms with E-state index in [2.05, 4.69) is 79.7 Å². The third kappa shape index (κ3) is 10.1. The molecule has 5 nitrogen and oxygen atoms in total. The van der Waals surface area contributed by atoms with Crippen LogP contribution in [0, 0.1) is 40.4 Å². The zero-order chi connectivity index (χ0) is 33.7. The first-order valence-electron chi connectivity index (χ1n) is 18.6. The summed E-state index contributed by atoms with van der Waals surface area (Å²) in [6.45, 7) is 20.0. The largest absolute Gasteiger partial charge is 0.396 e. The lowest BCUT2D eigenvalue weighted by atomic mass is 9.61. The molecule has 3 rings (SSSR count). The minimum atomic E-state index is -0.852. The van der Waals surface area contributed by atoms with Gasteiger partial charge in [-0.1, -0.05) is 124 Å². The van der Waals surface area contributed by atoms with E-state index in [-0.39, 0.29) is 46.6 Å². The molecule has 0 spiro atoms. The Kier molecular flexibility index (Phi) is 13.5. The van der Waals surface area contributed by atoms with E-state index in [1.807, 2.05) is 6.92 Å². The number of hydrogen-bond donors (Lipinski definition) is 4. The molecule has 5 unspecified atom stereocenters. The standard InChI is InChI=1S/C40H72O5/c1-29(16-12-17-31(3)20-21-35-36(4,5)24-33(42)26-38(35,8)44)14-10-11-15-30(2)18-13-19-32(28-41)22-23-40-37(6,7)25-34(43)27-39(40,9)45-40/h20-23,29-35,41-44H,10-19,24-28H2,1-9H3/b21-20?,23-22+/t29?,30?,31?,32?,33-,34-,35?,38+,39+,40-/m0/s1. The first-order valence-corrected chi connectivity index (χ1v) is 18.6. The van der Waals surface area contributed by atoms with Gasteiger partial charge in [0.15, 0.2) is 0 Å². The quantitative estimate of drug-likeness (QED) is 0.0689. The normalized spacial score (nSPS) is 37.0. The SMILES string of the molecule is CC(C=CC1C(C)(C)C[C@H](O)C[C@@]1(C)O)CCCC(C)CCCCC(C)CCCC(/C=C/[C@@]12O[C@]1(C)C[C@@H](O)CC2(C)C)CO. The zero-order valence-corrected chi connectivity index (χ0v) is 30.7. The van der Waals surface area contributed by atoms with Crippen LogP contribution in [0.5, 0.6) is 0 Å². The minimum absolute atomic E-state index is 0.0737. The Morgan fingerprint density at radius 3 is 1.82 bits per heavy atom. The van der Waals surface area contributed by atoms with Crippen LogP contribution in [0.1, 0.15) is 152 Å². The number of allylic oxidation sites excluding steroid dienone is 1. The molecule has 3 fully saturated rings. The molecule has 0 aromatic carbocycles. The summed E-state index contributed by atoms with van der Waals surface area (Å²) in [5.74, 6) is 2.24. The van der Waals surface area contributed by atoms with E-state index < -0.39 is 11.7 Å². The molecule has 1 aliphatic heterocycles. The van der Waals surface area contributed by atoms with E-state index in [1.165, 1.54) is 51.4 Å². The maximum Gasteiger partial charge on any atom is 0.121 e. The molecule has 0 amide bonds. The average Bonchev–Trinajstić information content (AvgIpc) is 3.52. The molecule has 4 N–H and O–H groups in total. The molecule has 1 heterocycles. The van der Waals surface area contributed by atoms with Gasteiger partial charge in [0.05, 0.1) is 17.8 Å². The Labute approximate surface area is 277 Å². The van der Waals surface area contributed by atoms with Gasteiger partial charge < -0.3 is 25.2 Å². The Balaban J connectivity index is 1.26. The van der Waals surface area contributed by atoms with Crippen LogP contribution in [0.25, 0.3) is 0 Å². The van der Waals surface area contributed by atoms with Crippen molar-refractivity contribution in [2.75, 3.05) is 6.61 Å². The molecule has 2 aliphatic carbocycles. The molecule has 0 aromatic rings. The summed E-state index contributed by atoms with van der Waals surface area (Å²) in [6.07, 6.45) is 23.2. The summed E-state index contributed by atoms with van der Waals surface area (Å²) >= 11 is 0. The zero-order valence-electron chi connectivity index (χ0n) is 30.7. The fraction of sp³-hybridized carbons (Fsp3) is 0.900. The average molecular weight is 633 g/mol. The van der Waals surface area contributed by atoms with E-state index >= 15 is 0 Å². The van der Waals surface area contributed by atoms with E-state index in [0.29, 0.717) is 18.8 Å². The van der Waals surface area contributed by atoms with Gasteiger partial charge in [0.2, 0.25) is 0 Å². The third-order valence-corrected chi connectivity index (χ3v) is 12.2. The molecule has 5 heteroatoms. The maximum absolute atomic E-state index is 11.0. The van der Waals surface area contributed by atoms with Crippen LogP contribution in [-0.4, -0.2) is 56.0 Å². The molecule has 262 valence electrons. The highest BCUT2D eigenvalue weighted by Crippen LogP contribution is 2.66. The second-order valence-electron chi connectivity index (χ2n) is 17.9. The molecule has 2 saturated carbocycles. The van der Waals surface area contributed by atoms with Crippen LogP contribution in [0.2, 0.25) is 0 Å². The second kappa shape index (κ2) is 15.7. The fourth-order valence-corrected chi connectivity index (χ4v) is 9.50. The van der Waals surface area contributed by atoms with Crippen molar-refractivity contribution in [1.82, 2.24) is 0 Å². The van der Waals surface area contributed by atoms with Crippen LogP contribution in [0.3, 0.4) is 0 Å². The number of fused-ring (bicyclic) bond motifs is 1. The summed E-state index contributed by atoms with van der Waals surface area (Å²) < 4.78 is 6.28. The first-order chi connectivity index (χ1) is 20.9. The molecular formula is C40H72O5. The maximum atomic E-state index is 11.0. The lowest BCUT2D eigenvalue weighted by Gasteiger charge is -2.48. The number of rotatable bonds is 18. The van der Waals surface area contributed by atoms with Crippen molar-refractivity contribution in [2.45, 2.75) is 181 Å². The Morgan fingerprint density at radius 2 is 1.27 bits per heavy atom. The van der Waals surface area contributed by atoms with Crippen molar-refractivity contribution in [2.24, 2.45) is 40.4 Å². The van der Waals surface area contributed by atoms with Crippen LogP contribution in [0.4, 0.5) is 0 Å². The highest BCUT2D eigenvalue weighted by Gasteiger charge is 2.74. The highest BCUT2D eigenvalue weighted by molar-refractivity contribution is 5.32. The smallest absolute Gasteiger partial charge is 0.121 e. The van der Waals surface area contributed by atoms with Crippen LogP contribution >= 0.6 is 0 Å². The van der Waals surface area contributed by atoms with Crippen molar-refractivity contribution in [1.29, 1.82) is 0 Å². The van der Waals surface area contributed by atoms with E-state index in [9.17, 15) is 20.4 Å². The third-order valence-electron chi connectivity index (χ3n) is 12.2. The Bertz CT molecular complexity index is 950. The Morgan fingerprint density at radius 1 is 0.711 bits per heavy atom. The van der Waals surface area contributed by atoms with Gasteiger partial charge in [-0.25, -0.2) is 0 Å². The van der Waals surface area contributed by atoms with E-state index in [0.717, 1.165) is 37.5 Å². The number of aliphatic hydroxyl groups is 4. The Hall–Kier alpha value is -0.720. The summed E-state index contributed by atoms with van der Waals surface area (Å²) in [7, 11) is 0. The van der Waals surface area contributed by atoms with Gasteiger partial charge >= 0.3 is 0 Å². The molecular weight excluding hydrogens is 560 g/mol. The summed E-state index contributed by atoms with van der Waals surface area (Å²) in [6, 6.07) is 0. The minimum Gasteiger partial charge on any atom is -0.396 e. The van der Waals surface area contributed by atoms with Crippen molar-refractivity contribution in [3.05, 3.63) is 24.3 Å². The van der Waals surface area contributed by atoms with Gasteiger partial charge in [-0.05, 0) is 62.7 Å². The number of epoxide rings is 1. The van der Waals surface area contributed by atoms with E-state index in [1.54, 1.807) is 0 Å². The molecule has 0 bridgehead atoms. The first kappa shape index (κ1) is 38.7. The molecule has 10 atom stereocenters. The van der Waals surface area contributed by atoms with Crippen molar-refractivity contribution >= 4 is 0 Å². The number of aliphatic hydroxyl groups excluding tert-OH is 3. The van der Waals surface area contributed by atoms with Gasteiger partial charge in [-0.3, -0.25) is 0 Å². The van der Waals surface area contributed by atoms with Crippen LogP contribution in [-0.2, 0) is 4.74 Å². The predicted molar refractivity (Wildman–Crippen MR) is 187 cm³/mol. The van der Waals surface area contributed by atoms with Crippen LogP contribution < -0.4 is 0 Å². The fourth-order valence-electron chi connectivity index (χ4n) is 9.50. The lowest BCUT2D eigenvalue weighted by molar-refractivity contribution is -0.111. The lowest BCUT2D eigenvalue weighted by Crippen LogP contribution is -2.50. The molecule has 0 aromatic heterocycles. The van der Waals surface area contributed by atoms with Gasteiger partial charge in [0.25, 0.3) is 0 Å². The second-order valence-corrected chi connectivity index (χ2v) is 17.9. The summed E-state index contributed by atoms with van der Waals surface area (Å²) in [4.78, 5) is 0. The molecule has 3 aliphatic rings. The monoisotopic (exact) mass is 633 g/mol. The molecule has 0 radical (unpaired) electrons. The molecule has 1 saturated heterocycles. The van der Waals surface area contributed by atoms with Crippen molar-refractivity contribution in [3.63, 3.8) is 0 Å². The predicted octanol–water partition coefficient (Wildman–Crippen LogP) is 8.77. The van der Waals surface area contributed by atoms with E-state index in [4.69, 9.17) is 4.74 Å². The molecule has 45 heavy (non-hydrogen) atoms. The summed E-state index contributed by atoms with van der Waals surface area (Å²) in [5.41, 5.74) is -1.66. The summed E-state index contributed by atoms with van der Waals surface area (Å²) in [5, 5.41) is 41.5. The number of unbranched alkanes of at least 4 members (excludes halogenated alkanes) is 1. The van der Waals surface area contributed by atoms with Gasteiger partial charge in [0.1, 0.15) is 11.2 Å². The highest BCUT2D eigenvalue weighted by atomic mass is 16.6. The van der Waals surface area contributed by atoms with Crippen molar-refractivity contribution < 1.29 is 25.2 Å². The van der Waals surface area contributed by atoms with Gasteiger partial charge in [-0.2, -0.15) is 0 Å². The van der Waals surface area contributed by atoms with Gasteiger partial charge in [-0.15, -0.1) is 0 Å². The number of ether oxygens (including phenoxy) is 1. The van der Waals surface area contributed by atoms with Crippen LogP contribution in [0.15, 0.2) is 24.3 Å². The number of hydrogen-bond acceptors (Lipinski definition) is 5.